The van der Waals surface area contributed by atoms with Crippen LogP contribution in [0.25, 0.3) is 0 Å². The van der Waals surface area contributed by atoms with Crippen LogP contribution in [0.2, 0.25) is 0 Å². The summed E-state index contributed by atoms with van der Waals surface area (Å²) in [7, 11) is 0. The molecule has 1 aromatic rings. The van der Waals surface area contributed by atoms with Crippen molar-refractivity contribution in [2.75, 3.05) is 0 Å². The van der Waals surface area contributed by atoms with Crippen molar-refractivity contribution in [2.24, 2.45) is 5.92 Å². The van der Waals surface area contributed by atoms with E-state index in [0.29, 0.717) is 0 Å². The van der Waals surface area contributed by atoms with E-state index in [2.05, 4.69) is 13.0 Å². The lowest BCUT2D eigenvalue weighted by Crippen LogP contribution is -2.06. The van der Waals surface area contributed by atoms with Gasteiger partial charge < -0.3 is 9.15 Å². The van der Waals surface area contributed by atoms with E-state index in [0.717, 1.165) is 42.6 Å². The third-order valence-corrected chi connectivity index (χ3v) is 3.96. The highest BCUT2D eigenvalue weighted by molar-refractivity contribution is 5.75. The van der Waals surface area contributed by atoms with Crippen molar-refractivity contribution in [3.63, 3.8) is 0 Å². The van der Waals surface area contributed by atoms with Gasteiger partial charge in [0.05, 0.1) is 12.2 Å². The van der Waals surface area contributed by atoms with Crippen LogP contribution in [0.4, 0.5) is 0 Å². The summed E-state index contributed by atoms with van der Waals surface area (Å²) in [6, 6.07) is 0. The number of ether oxygens (including phenoxy) is 1. The lowest BCUT2D eigenvalue weighted by atomic mass is 9.91. The third-order valence-electron chi connectivity index (χ3n) is 3.96. The van der Waals surface area contributed by atoms with Crippen LogP contribution < -0.4 is 0 Å². The molecule has 2 atom stereocenters. The molecule has 0 N–H and O–H groups in total. The van der Waals surface area contributed by atoms with E-state index >= 15 is 0 Å². The van der Waals surface area contributed by atoms with E-state index in [1.807, 2.05) is 6.92 Å². The molecule has 1 unspecified atom stereocenters. The lowest BCUT2D eigenvalue weighted by molar-refractivity contribution is -0.144. The van der Waals surface area contributed by atoms with Gasteiger partial charge in [-0.05, 0) is 32.3 Å². The Labute approximate surface area is 107 Å². The second-order valence-corrected chi connectivity index (χ2v) is 5.42. The minimum absolute atomic E-state index is 0.0421. The average molecular weight is 246 g/mol. The van der Waals surface area contributed by atoms with E-state index in [-0.39, 0.29) is 18.0 Å². The Balaban J connectivity index is 2.04. The second kappa shape index (κ2) is 4.30. The van der Waals surface area contributed by atoms with Crippen molar-refractivity contribution in [2.45, 2.75) is 45.6 Å². The first kappa shape index (κ1) is 11.6. The van der Waals surface area contributed by atoms with Gasteiger partial charge in [-0.15, -0.1) is 0 Å². The Morgan fingerprint density at radius 2 is 2.17 bits per heavy atom. The Bertz CT molecular complexity index is 510. The normalized spacial score (nSPS) is 30.3. The molecule has 1 aliphatic carbocycles. The number of carbonyl (C=O) groups is 1. The number of furan rings is 1. The first-order valence-corrected chi connectivity index (χ1v) is 6.58. The highest BCUT2D eigenvalue weighted by Crippen LogP contribution is 2.40. The summed E-state index contributed by atoms with van der Waals surface area (Å²) in [4.78, 5) is 11.8. The lowest BCUT2D eigenvalue weighted by Gasteiger charge is -2.12. The van der Waals surface area contributed by atoms with Crippen molar-refractivity contribution in [1.29, 1.82) is 0 Å². The van der Waals surface area contributed by atoms with Gasteiger partial charge in [-0.1, -0.05) is 11.6 Å². The number of esters is 1. The largest absolute Gasteiger partial charge is 0.468 e. The van der Waals surface area contributed by atoms with Crippen LogP contribution in [0.5, 0.6) is 0 Å². The van der Waals surface area contributed by atoms with Gasteiger partial charge in [0.2, 0.25) is 0 Å². The number of allylic oxidation sites excluding steroid dienone is 2. The minimum Gasteiger partial charge on any atom is -0.468 e. The van der Waals surface area contributed by atoms with Gasteiger partial charge in [0.1, 0.15) is 11.9 Å². The van der Waals surface area contributed by atoms with Gasteiger partial charge >= 0.3 is 5.97 Å². The summed E-state index contributed by atoms with van der Waals surface area (Å²) in [6.45, 7) is 4.14. The summed E-state index contributed by atoms with van der Waals surface area (Å²) < 4.78 is 11.2. The molecular formula is C15H18O3. The van der Waals surface area contributed by atoms with Gasteiger partial charge in [0.25, 0.3) is 0 Å². The highest BCUT2D eigenvalue weighted by atomic mass is 16.6. The zero-order valence-electron chi connectivity index (χ0n) is 10.9. The zero-order chi connectivity index (χ0) is 12.7. The maximum Gasteiger partial charge on any atom is 0.309 e. The van der Waals surface area contributed by atoms with E-state index in [1.54, 1.807) is 6.26 Å². The van der Waals surface area contributed by atoms with Crippen LogP contribution in [0.1, 0.15) is 49.2 Å². The number of hydrogen-bond donors (Lipinski definition) is 0. The van der Waals surface area contributed by atoms with Gasteiger partial charge in [0.15, 0.2) is 0 Å². The molecule has 3 nitrogen and oxygen atoms in total. The van der Waals surface area contributed by atoms with Crippen LogP contribution in [-0.2, 0) is 16.0 Å². The molecule has 1 fully saturated rings. The number of carbonyl (C=O) groups excluding carboxylic acids is 1. The monoisotopic (exact) mass is 246 g/mol. The predicted octanol–water partition coefficient (Wildman–Crippen LogP) is 3.47. The second-order valence-electron chi connectivity index (χ2n) is 5.42. The van der Waals surface area contributed by atoms with Crippen molar-refractivity contribution >= 4 is 5.97 Å². The molecule has 0 aromatic carbocycles. The molecular weight excluding hydrogens is 228 g/mol. The van der Waals surface area contributed by atoms with E-state index in [9.17, 15) is 4.79 Å². The molecule has 0 radical (unpaired) electrons. The maximum absolute atomic E-state index is 11.8. The van der Waals surface area contributed by atoms with Crippen molar-refractivity contribution in [3.8, 4) is 0 Å². The van der Waals surface area contributed by atoms with Gasteiger partial charge in [-0.2, -0.15) is 0 Å². The Hall–Kier alpha value is -1.51. The molecule has 96 valence electrons. The van der Waals surface area contributed by atoms with Crippen molar-refractivity contribution in [3.05, 3.63) is 34.8 Å². The predicted molar refractivity (Wildman–Crippen MR) is 67.1 cm³/mol. The number of hydrogen-bond acceptors (Lipinski definition) is 3. The van der Waals surface area contributed by atoms with Crippen molar-refractivity contribution < 1.29 is 13.9 Å². The standard InChI is InChI=1S/C15H18O3/c1-9-4-3-5-11-7-13(18-15(11)16)14-10(2)8-17-12(14)6-9/h4,8,11,13H,3,5-7H2,1-2H3/b9-4+/t11-,13?/m0/s1. The van der Waals surface area contributed by atoms with Crippen LogP contribution >= 0.6 is 0 Å². The first-order chi connectivity index (χ1) is 8.65. The number of rotatable bonds is 0. The highest BCUT2D eigenvalue weighted by Gasteiger charge is 2.37. The van der Waals surface area contributed by atoms with Crippen LogP contribution in [0.3, 0.4) is 0 Å². The topological polar surface area (TPSA) is 39.4 Å². The van der Waals surface area contributed by atoms with Gasteiger partial charge in [-0.25, -0.2) is 0 Å². The molecule has 0 spiro atoms. The molecule has 2 aliphatic rings. The number of fused-ring (bicyclic) bond motifs is 4. The number of aryl methyl sites for hydroxylation is 1. The SMILES string of the molecule is C/C1=C\CC[C@H]2CC(OC2=O)c2c(C)coc2C1. The molecule has 0 amide bonds. The zero-order valence-corrected chi connectivity index (χ0v) is 10.9. The maximum atomic E-state index is 11.8. The van der Waals surface area contributed by atoms with E-state index < -0.39 is 0 Å². The van der Waals surface area contributed by atoms with Gasteiger partial charge in [-0.3, -0.25) is 4.79 Å². The minimum atomic E-state index is -0.0952. The fraction of sp³-hybridized carbons (Fsp3) is 0.533. The van der Waals surface area contributed by atoms with E-state index in [1.165, 1.54) is 5.57 Å². The van der Waals surface area contributed by atoms with Crippen LogP contribution in [0.15, 0.2) is 22.3 Å². The van der Waals surface area contributed by atoms with Crippen LogP contribution in [0, 0.1) is 12.8 Å². The average Bonchev–Trinajstić information content (AvgIpc) is 2.83. The summed E-state index contributed by atoms with van der Waals surface area (Å²) in [5.41, 5.74) is 3.50. The summed E-state index contributed by atoms with van der Waals surface area (Å²) in [5.74, 6) is 0.973. The molecule has 1 saturated heterocycles. The molecule has 2 bridgehead atoms. The fourth-order valence-corrected chi connectivity index (χ4v) is 2.98. The molecule has 1 aliphatic heterocycles. The summed E-state index contributed by atoms with van der Waals surface area (Å²) in [5, 5.41) is 0. The molecule has 3 rings (SSSR count). The Kier molecular flexibility index (Phi) is 2.77. The third kappa shape index (κ3) is 1.88. The van der Waals surface area contributed by atoms with Crippen LogP contribution in [-0.4, -0.2) is 5.97 Å². The quantitative estimate of drug-likeness (QED) is 0.519. The van der Waals surface area contributed by atoms with E-state index in [4.69, 9.17) is 9.15 Å². The Morgan fingerprint density at radius 3 is 3.00 bits per heavy atom. The molecule has 1 aromatic heterocycles. The molecule has 3 heteroatoms. The summed E-state index contributed by atoms with van der Waals surface area (Å²) in [6.07, 6.45) is 7.37. The summed E-state index contributed by atoms with van der Waals surface area (Å²) >= 11 is 0. The fourth-order valence-electron chi connectivity index (χ4n) is 2.98. The first-order valence-electron chi connectivity index (χ1n) is 6.58. The smallest absolute Gasteiger partial charge is 0.309 e. The molecule has 0 saturated carbocycles. The Morgan fingerprint density at radius 1 is 1.33 bits per heavy atom. The molecule has 18 heavy (non-hydrogen) atoms. The molecule has 2 heterocycles. The van der Waals surface area contributed by atoms with Crippen molar-refractivity contribution in [1.82, 2.24) is 0 Å². The van der Waals surface area contributed by atoms with Gasteiger partial charge in [0, 0.05) is 18.4 Å².